The van der Waals surface area contributed by atoms with Gasteiger partial charge in [-0.15, -0.1) is 0 Å². The zero-order chi connectivity index (χ0) is 21.4. The van der Waals surface area contributed by atoms with Crippen molar-refractivity contribution in [3.05, 3.63) is 55.2 Å². The van der Waals surface area contributed by atoms with Gasteiger partial charge in [0.1, 0.15) is 11.4 Å². The van der Waals surface area contributed by atoms with Crippen LogP contribution in [0.1, 0.15) is 43.1 Å². The fraction of sp³-hybridized carbons (Fsp3) is 0.421. The minimum absolute atomic E-state index is 0.0291. The van der Waals surface area contributed by atoms with E-state index in [1.54, 1.807) is 12.1 Å². The molecule has 9 heteroatoms. The van der Waals surface area contributed by atoms with Gasteiger partial charge in [-0.1, -0.05) is 38.4 Å². The molecule has 28 heavy (non-hydrogen) atoms. The molecule has 1 aromatic heterocycles. The number of amides is 1. The normalized spacial score (nSPS) is 10.1. The number of aryl methyl sites for hydroxylation is 1. The lowest BCUT2D eigenvalue weighted by molar-refractivity contribution is 0.0313. The van der Waals surface area contributed by atoms with E-state index in [-0.39, 0.29) is 11.4 Å². The fourth-order valence-electron chi connectivity index (χ4n) is 2.31. The van der Waals surface area contributed by atoms with Gasteiger partial charge in [0, 0.05) is 14.1 Å². The Morgan fingerprint density at radius 1 is 1.18 bits per heavy atom. The molecule has 2 rings (SSSR count). The summed E-state index contributed by atoms with van der Waals surface area (Å²) in [5.41, 5.74) is 2.07. The van der Waals surface area contributed by atoms with Gasteiger partial charge in [-0.25, -0.2) is 10.3 Å². The van der Waals surface area contributed by atoms with Gasteiger partial charge in [-0.3, -0.25) is 23.6 Å². The SMILES string of the molecule is CC.CCCONC(=O)c1c(Nc2ccc(C)cc2Cl)n(C)c(=O)n(C)c1=O. The Labute approximate surface area is 169 Å². The highest BCUT2D eigenvalue weighted by Gasteiger charge is 2.23. The van der Waals surface area contributed by atoms with Gasteiger partial charge in [-0.2, -0.15) is 0 Å². The van der Waals surface area contributed by atoms with Crippen molar-refractivity contribution in [1.82, 2.24) is 14.6 Å². The lowest BCUT2D eigenvalue weighted by Crippen LogP contribution is -2.43. The summed E-state index contributed by atoms with van der Waals surface area (Å²) in [4.78, 5) is 42.3. The number of halogens is 1. The number of carbonyl (C=O) groups excluding carboxylic acids is 1. The van der Waals surface area contributed by atoms with E-state index in [0.29, 0.717) is 23.7 Å². The van der Waals surface area contributed by atoms with Crippen molar-refractivity contribution < 1.29 is 9.63 Å². The molecular weight excluding hydrogens is 384 g/mol. The number of nitrogens with one attached hydrogen (secondary N) is 2. The molecule has 0 saturated carbocycles. The lowest BCUT2D eigenvalue weighted by atomic mass is 10.2. The van der Waals surface area contributed by atoms with E-state index < -0.39 is 17.2 Å². The third-order valence-electron chi connectivity index (χ3n) is 3.74. The monoisotopic (exact) mass is 410 g/mol. The zero-order valence-corrected chi connectivity index (χ0v) is 17.8. The third-order valence-corrected chi connectivity index (χ3v) is 4.05. The van der Waals surface area contributed by atoms with Gasteiger partial charge in [0.2, 0.25) is 0 Å². The summed E-state index contributed by atoms with van der Waals surface area (Å²) in [5.74, 6) is -0.721. The van der Waals surface area contributed by atoms with Crippen LogP contribution in [-0.4, -0.2) is 21.6 Å². The average Bonchev–Trinajstić information content (AvgIpc) is 2.68. The van der Waals surface area contributed by atoms with Crippen LogP contribution in [0.5, 0.6) is 0 Å². The lowest BCUT2D eigenvalue weighted by Gasteiger charge is -2.17. The Kier molecular flexibility index (Phi) is 8.94. The largest absolute Gasteiger partial charge is 0.339 e. The number of hydrogen-bond donors (Lipinski definition) is 2. The number of hydrogen-bond acceptors (Lipinski definition) is 5. The Balaban J connectivity index is 0.00000190. The molecule has 0 bridgehead atoms. The molecule has 8 nitrogen and oxygen atoms in total. The number of rotatable bonds is 6. The van der Waals surface area contributed by atoms with E-state index in [4.69, 9.17) is 16.4 Å². The van der Waals surface area contributed by atoms with Crippen molar-refractivity contribution in [2.45, 2.75) is 34.1 Å². The van der Waals surface area contributed by atoms with E-state index in [2.05, 4.69) is 10.8 Å². The van der Waals surface area contributed by atoms with Crippen LogP contribution in [0.2, 0.25) is 5.02 Å². The molecule has 0 fully saturated rings. The molecule has 0 aliphatic heterocycles. The highest BCUT2D eigenvalue weighted by atomic mass is 35.5. The molecule has 0 atom stereocenters. The van der Waals surface area contributed by atoms with Gasteiger partial charge in [0.05, 0.1) is 17.3 Å². The molecule has 154 valence electrons. The van der Waals surface area contributed by atoms with Crippen molar-refractivity contribution in [1.29, 1.82) is 0 Å². The summed E-state index contributed by atoms with van der Waals surface area (Å²) < 4.78 is 2.03. The number of aromatic nitrogens is 2. The van der Waals surface area contributed by atoms with Crippen LogP contribution < -0.4 is 22.0 Å². The molecule has 0 radical (unpaired) electrons. The summed E-state index contributed by atoms with van der Waals surface area (Å²) in [6.07, 6.45) is 0.690. The Morgan fingerprint density at radius 2 is 1.82 bits per heavy atom. The average molecular weight is 411 g/mol. The first kappa shape index (κ1) is 23.5. The molecule has 2 aromatic rings. The molecule has 2 N–H and O–H groups in total. The smallest absolute Gasteiger partial charge is 0.332 e. The number of hydroxylamine groups is 1. The highest BCUT2D eigenvalue weighted by molar-refractivity contribution is 6.33. The molecule has 0 spiro atoms. The van der Waals surface area contributed by atoms with Gasteiger partial charge >= 0.3 is 5.69 Å². The maximum absolute atomic E-state index is 12.5. The fourth-order valence-corrected chi connectivity index (χ4v) is 2.60. The van der Waals surface area contributed by atoms with Gasteiger partial charge in [-0.05, 0) is 31.0 Å². The van der Waals surface area contributed by atoms with Crippen LogP contribution in [0.4, 0.5) is 11.5 Å². The maximum Gasteiger partial charge on any atom is 0.332 e. The second kappa shape index (κ2) is 10.7. The quantitative estimate of drug-likeness (QED) is 0.564. The Bertz CT molecular complexity index is 950. The molecule has 0 aliphatic carbocycles. The molecular formula is C19H27ClN4O4. The van der Waals surface area contributed by atoms with Crippen molar-refractivity contribution in [3.8, 4) is 0 Å². The Hall–Kier alpha value is -2.58. The topological polar surface area (TPSA) is 94.4 Å². The summed E-state index contributed by atoms with van der Waals surface area (Å²) >= 11 is 6.22. The van der Waals surface area contributed by atoms with E-state index in [1.165, 1.54) is 18.7 Å². The van der Waals surface area contributed by atoms with Crippen molar-refractivity contribution in [2.75, 3.05) is 11.9 Å². The van der Waals surface area contributed by atoms with Crippen LogP contribution in [0.15, 0.2) is 27.8 Å². The van der Waals surface area contributed by atoms with Crippen LogP contribution in [0.25, 0.3) is 0 Å². The molecule has 1 amide bonds. The van der Waals surface area contributed by atoms with E-state index >= 15 is 0 Å². The van der Waals surface area contributed by atoms with Crippen molar-refractivity contribution >= 4 is 29.0 Å². The third kappa shape index (κ3) is 5.24. The first-order valence-electron chi connectivity index (χ1n) is 9.03. The molecule has 1 aromatic carbocycles. The first-order chi connectivity index (χ1) is 13.3. The minimum atomic E-state index is -0.750. The number of anilines is 2. The standard InChI is InChI=1S/C17H21ClN4O4.C2H6/c1-5-8-26-20-15(23)13-14(21(3)17(25)22(4)16(13)24)19-12-7-6-10(2)9-11(12)18;1-2/h6-7,9,19H,5,8H2,1-4H3,(H,20,23);1-2H3. The summed E-state index contributed by atoms with van der Waals surface area (Å²) in [6, 6.07) is 5.25. The van der Waals surface area contributed by atoms with Gasteiger partial charge in [0.25, 0.3) is 11.5 Å². The molecule has 1 heterocycles. The predicted octanol–water partition coefficient (Wildman–Crippen LogP) is 2.89. The van der Waals surface area contributed by atoms with E-state index in [0.717, 1.165) is 10.1 Å². The van der Waals surface area contributed by atoms with Gasteiger partial charge in [0.15, 0.2) is 0 Å². The number of benzene rings is 1. The second-order valence-electron chi connectivity index (χ2n) is 5.82. The maximum atomic E-state index is 12.5. The molecule has 0 saturated heterocycles. The summed E-state index contributed by atoms with van der Waals surface area (Å²) in [7, 11) is 2.76. The van der Waals surface area contributed by atoms with Crippen LogP contribution in [0, 0.1) is 6.92 Å². The second-order valence-corrected chi connectivity index (χ2v) is 6.22. The van der Waals surface area contributed by atoms with Crippen molar-refractivity contribution in [3.63, 3.8) is 0 Å². The number of nitrogens with zero attached hydrogens (tertiary/aromatic N) is 2. The van der Waals surface area contributed by atoms with E-state index in [9.17, 15) is 14.4 Å². The highest BCUT2D eigenvalue weighted by Crippen LogP contribution is 2.26. The predicted molar refractivity (Wildman–Crippen MR) is 111 cm³/mol. The molecule has 0 aliphatic rings. The Morgan fingerprint density at radius 3 is 2.39 bits per heavy atom. The van der Waals surface area contributed by atoms with E-state index in [1.807, 2.05) is 33.8 Å². The first-order valence-corrected chi connectivity index (χ1v) is 9.41. The van der Waals surface area contributed by atoms with Crippen LogP contribution in [0.3, 0.4) is 0 Å². The summed E-state index contributed by atoms with van der Waals surface area (Å²) in [6.45, 7) is 8.06. The summed E-state index contributed by atoms with van der Waals surface area (Å²) in [5, 5.41) is 3.31. The van der Waals surface area contributed by atoms with Crippen molar-refractivity contribution in [2.24, 2.45) is 14.1 Å². The van der Waals surface area contributed by atoms with Crippen LogP contribution in [-0.2, 0) is 18.9 Å². The number of carbonyl (C=O) groups is 1. The minimum Gasteiger partial charge on any atom is -0.339 e. The van der Waals surface area contributed by atoms with Crippen LogP contribution >= 0.6 is 11.6 Å². The van der Waals surface area contributed by atoms with Gasteiger partial charge < -0.3 is 5.32 Å². The molecule has 0 unspecified atom stereocenters. The zero-order valence-electron chi connectivity index (χ0n) is 17.1.